The van der Waals surface area contributed by atoms with Gasteiger partial charge in [-0.2, -0.15) is 0 Å². The van der Waals surface area contributed by atoms with Crippen molar-refractivity contribution in [3.63, 3.8) is 0 Å². The summed E-state index contributed by atoms with van der Waals surface area (Å²) in [5.41, 5.74) is 0.766. The van der Waals surface area contributed by atoms with Crippen LogP contribution in [0.4, 0.5) is 0 Å². The third-order valence-electron chi connectivity index (χ3n) is 3.42. The van der Waals surface area contributed by atoms with E-state index in [4.69, 9.17) is 25.5 Å². The molecule has 2 aromatic carbocycles. The van der Waals surface area contributed by atoms with Gasteiger partial charge < -0.3 is 19.2 Å². The molecule has 134 valence electrons. The molecule has 0 saturated carbocycles. The first-order valence-electron chi connectivity index (χ1n) is 7.76. The first kappa shape index (κ1) is 17.8. The van der Waals surface area contributed by atoms with Gasteiger partial charge in [0, 0.05) is 10.6 Å². The Bertz CT molecular complexity index is 863. The van der Waals surface area contributed by atoms with E-state index < -0.39 is 0 Å². The van der Waals surface area contributed by atoms with Gasteiger partial charge in [-0.15, -0.1) is 10.2 Å². The van der Waals surface area contributed by atoms with Crippen LogP contribution in [0.3, 0.4) is 0 Å². The fourth-order valence-corrected chi connectivity index (χ4v) is 2.21. The van der Waals surface area contributed by atoms with Gasteiger partial charge in [0.1, 0.15) is 11.5 Å². The van der Waals surface area contributed by atoms with Crippen LogP contribution in [0, 0.1) is 0 Å². The van der Waals surface area contributed by atoms with Crippen molar-refractivity contribution in [1.82, 2.24) is 15.5 Å². The van der Waals surface area contributed by atoms with Crippen LogP contribution in [-0.2, 0) is 11.3 Å². The molecule has 0 saturated heterocycles. The summed E-state index contributed by atoms with van der Waals surface area (Å²) in [7, 11) is 1.60. The number of hydrogen-bond donors (Lipinski definition) is 1. The minimum absolute atomic E-state index is 0.117. The van der Waals surface area contributed by atoms with E-state index in [2.05, 4.69) is 15.5 Å². The molecule has 1 aromatic heterocycles. The highest BCUT2D eigenvalue weighted by Crippen LogP contribution is 2.21. The second kappa shape index (κ2) is 8.35. The molecule has 7 nitrogen and oxygen atoms in total. The molecule has 26 heavy (non-hydrogen) atoms. The van der Waals surface area contributed by atoms with Crippen molar-refractivity contribution >= 4 is 17.5 Å². The molecule has 0 aliphatic carbocycles. The van der Waals surface area contributed by atoms with Gasteiger partial charge in [-0.25, -0.2) is 0 Å². The molecule has 1 amide bonds. The molecule has 8 heteroatoms. The Kier molecular flexibility index (Phi) is 5.70. The molecule has 1 heterocycles. The van der Waals surface area contributed by atoms with Gasteiger partial charge >= 0.3 is 0 Å². The van der Waals surface area contributed by atoms with Crippen LogP contribution >= 0.6 is 11.6 Å². The zero-order valence-corrected chi connectivity index (χ0v) is 14.7. The van der Waals surface area contributed by atoms with E-state index in [0.29, 0.717) is 22.6 Å². The number of aromatic nitrogens is 2. The van der Waals surface area contributed by atoms with Gasteiger partial charge in [-0.3, -0.25) is 4.79 Å². The number of carbonyl (C=O) groups is 1. The van der Waals surface area contributed by atoms with Crippen LogP contribution in [0.1, 0.15) is 5.89 Å². The maximum absolute atomic E-state index is 11.8. The van der Waals surface area contributed by atoms with Gasteiger partial charge in [0.25, 0.3) is 5.91 Å². The fourth-order valence-electron chi connectivity index (χ4n) is 2.08. The topological polar surface area (TPSA) is 86.5 Å². The molecule has 0 radical (unpaired) electrons. The molecule has 0 spiro atoms. The lowest BCUT2D eigenvalue weighted by molar-refractivity contribution is -0.123. The average molecular weight is 374 g/mol. The second-order valence-corrected chi connectivity index (χ2v) is 5.69. The standard InChI is InChI=1S/C18H16ClN3O4/c1-24-14-6-2-12(3-7-14)18-22-21-17(26-18)10-20-16(23)11-25-15-8-4-13(19)5-9-15/h2-9H,10-11H2,1H3,(H,20,23). The van der Waals surface area contributed by atoms with Crippen molar-refractivity contribution in [2.75, 3.05) is 13.7 Å². The molecule has 0 fully saturated rings. The van der Waals surface area contributed by atoms with Crippen LogP contribution in [0.15, 0.2) is 52.9 Å². The van der Waals surface area contributed by atoms with Gasteiger partial charge in [0.2, 0.25) is 11.8 Å². The number of hydrogen-bond acceptors (Lipinski definition) is 6. The molecular weight excluding hydrogens is 358 g/mol. The Balaban J connectivity index is 1.49. The van der Waals surface area contributed by atoms with E-state index in [1.54, 1.807) is 43.5 Å². The van der Waals surface area contributed by atoms with E-state index >= 15 is 0 Å². The van der Waals surface area contributed by atoms with Gasteiger partial charge in [0.15, 0.2) is 6.61 Å². The largest absolute Gasteiger partial charge is 0.497 e. The molecule has 0 aliphatic rings. The van der Waals surface area contributed by atoms with Crippen LogP contribution in [0.2, 0.25) is 5.02 Å². The van der Waals surface area contributed by atoms with Crippen LogP contribution in [0.25, 0.3) is 11.5 Å². The molecule has 0 aliphatic heterocycles. The number of rotatable bonds is 7. The highest BCUT2D eigenvalue weighted by atomic mass is 35.5. The van der Waals surface area contributed by atoms with E-state index in [1.165, 1.54) is 0 Å². The molecule has 1 N–H and O–H groups in total. The van der Waals surface area contributed by atoms with Crippen LogP contribution in [-0.4, -0.2) is 29.8 Å². The highest BCUT2D eigenvalue weighted by Gasteiger charge is 2.10. The van der Waals surface area contributed by atoms with Crippen molar-refractivity contribution in [3.8, 4) is 23.0 Å². The Hall–Kier alpha value is -3.06. The summed E-state index contributed by atoms with van der Waals surface area (Å²) in [5.74, 6) is 1.67. The quantitative estimate of drug-likeness (QED) is 0.684. The Morgan fingerprint density at radius 3 is 2.46 bits per heavy atom. The van der Waals surface area contributed by atoms with Crippen LogP contribution in [0.5, 0.6) is 11.5 Å². The van der Waals surface area contributed by atoms with E-state index in [9.17, 15) is 4.79 Å². The summed E-state index contributed by atoms with van der Waals surface area (Å²) in [5, 5.41) is 11.1. The number of nitrogens with zero attached hydrogens (tertiary/aromatic N) is 2. The zero-order valence-electron chi connectivity index (χ0n) is 13.9. The Morgan fingerprint density at radius 2 is 1.77 bits per heavy atom. The van der Waals surface area contributed by atoms with Crippen molar-refractivity contribution in [1.29, 1.82) is 0 Å². The minimum atomic E-state index is -0.302. The molecular formula is C18H16ClN3O4. The normalized spacial score (nSPS) is 10.4. The van der Waals surface area contributed by atoms with Crippen LogP contribution < -0.4 is 14.8 Å². The summed E-state index contributed by atoms with van der Waals surface area (Å²) < 4.78 is 16.0. The lowest BCUT2D eigenvalue weighted by atomic mass is 10.2. The zero-order chi connectivity index (χ0) is 18.4. The highest BCUT2D eigenvalue weighted by molar-refractivity contribution is 6.30. The van der Waals surface area contributed by atoms with E-state index in [0.717, 1.165) is 11.3 Å². The molecule has 0 bridgehead atoms. The van der Waals surface area contributed by atoms with Gasteiger partial charge in [-0.05, 0) is 48.5 Å². The third kappa shape index (κ3) is 4.73. The van der Waals surface area contributed by atoms with Gasteiger partial charge in [-0.1, -0.05) is 11.6 Å². The maximum Gasteiger partial charge on any atom is 0.258 e. The number of benzene rings is 2. The Morgan fingerprint density at radius 1 is 1.08 bits per heavy atom. The molecule has 0 unspecified atom stereocenters. The lowest BCUT2D eigenvalue weighted by Gasteiger charge is -2.06. The van der Waals surface area contributed by atoms with Crippen molar-refractivity contribution in [2.24, 2.45) is 0 Å². The van der Waals surface area contributed by atoms with Crippen molar-refractivity contribution < 1.29 is 18.7 Å². The fraction of sp³-hybridized carbons (Fsp3) is 0.167. The minimum Gasteiger partial charge on any atom is -0.497 e. The van der Waals surface area contributed by atoms with E-state index in [1.807, 2.05) is 12.1 Å². The first-order chi connectivity index (χ1) is 12.6. The number of nitrogens with one attached hydrogen (secondary N) is 1. The predicted octanol–water partition coefficient (Wildman–Crippen LogP) is 3.09. The number of halogens is 1. The third-order valence-corrected chi connectivity index (χ3v) is 3.68. The number of ether oxygens (including phenoxy) is 2. The SMILES string of the molecule is COc1ccc(-c2nnc(CNC(=O)COc3ccc(Cl)cc3)o2)cc1. The molecule has 0 atom stereocenters. The van der Waals surface area contributed by atoms with Crippen molar-refractivity contribution in [3.05, 3.63) is 59.4 Å². The van der Waals surface area contributed by atoms with E-state index in [-0.39, 0.29) is 19.1 Å². The number of methoxy groups -OCH3 is 1. The summed E-state index contributed by atoms with van der Waals surface area (Å²) in [6, 6.07) is 14.0. The summed E-state index contributed by atoms with van der Waals surface area (Å²) in [6.45, 7) is -0.00687. The monoisotopic (exact) mass is 373 g/mol. The second-order valence-electron chi connectivity index (χ2n) is 5.25. The van der Waals surface area contributed by atoms with Gasteiger partial charge in [0.05, 0.1) is 13.7 Å². The average Bonchev–Trinajstić information content (AvgIpc) is 3.15. The first-order valence-corrected chi connectivity index (χ1v) is 8.14. The number of carbonyl (C=O) groups excluding carboxylic acids is 1. The smallest absolute Gasteiger partial charge is 0.258 e. The maximum atomic E-state index is 11.8. The molecule has 3 aromatic rings. The van der Waals surface area contributed by atoms with Crippen molar-refractivity contribution in [2.45, 2.75) is 6.54 Å². The summed E-state index contributed by atoms with van der Waals surface area (Å²) in [4.78, 5) is 11.8. The number of amides is 1. The Labute approximate surface area is 154 Å². The lowest BCUT2D eigenvalue weighted by Crippen LogP contribution is -2.28. The summed E-state index contributed by atoms with van der Waals surface area (Å²) in [6.07, 6.45) is 0. The predicted molar refractivity (Wildman–Crippen MR) is 95.1 cm³/mol. The summed E-state index contributed by atoms with van der Waals surface area (Å²) >= 11 is 5.79. The molecule has 3 rings (SSSR count).